The van der Waals surface area contributed by atoms with Crippen LogP contribution in [0.5, 0.6) is 0 Å². The molecule has 5 heteroatoms. The normalized spacial score (nSPS) is 24.1. The first-order valence-corrected chi connectivity index (χ1v) is 5.84. The van der Waals surface area contributed by atoms with Crippen LogP contribution in [0.25, 0.3) is 0 Å². The standard InChI is InChI=1S/C12H17NO4/c1-8-9(4-5-10(14)15)17-11(13-8)12(2)6-3-7-16-12/h3-7H2,1-2H3,(H,14,15). The SMILES string of the molecule is Cc1nc(C2(C)CCCO2)oc1CCC(=O)O. The number of ether oxygens (including phenoxy) is 1. The Balaban J connectivity index is 2.15. The average molecular weight is 239 g/mol. The van der Waals surface area contributed by atoms with Crippen molar-refractivity contribution >= 4 is 5.97 Å². The van der Waals surface area contributed by atoms with Crippen LogP contribution in [0.15, 0.2) is 4.42 Å². The smallest absolute Gasteiger partial charge is 0.303 e. The van der Waals surface area contributed by atoms with E-state index in [0.717, 1.165) is 25.1 Å². The van der Waals surface area contributed by atoms with E-state index in [2.05, 4.69) is 4.98 Å². The summed E-state index contributed by atoms with van der Waals surface area (Å²) in [4.78, 5) is 14.9. The van der Waals surface area contributed by atoms with Crippen LogP contribution in [0.4, 0.5) is 0 Å². The third kappa shape index (κ3) is 2.49. The highest BCUT2D eigenvalue weighted by Gasteiger charge is 2.37. The Morgan fingerprint density at radius 3 is 2.94 bits per heavy atom. The molecule has 17 heavy (non-hydrogen) atoms. The van der Waals surface area contributed by atoms with Crippen LogP contribution in [0, 0.1) is 6.92 Å². The largest absolute Gasteiger partial charge is 0.481 e. The Morgan fingerprint density at radius 1 is 1.59 bits per heavy atom. The molecule has 1 N–H and O–H groups in total. The number of carboxylic acid groups (broad SMARTS) is 1. The molecule has 5 nitrogen and oxygen atoms in total. The van der Waals surface area contributed by atoms with Gasteiger partial charge in [-0.1, -0.05) is 0 Å². The summed E-state index contributed by atoms with van der Waals surface area (Å²) in [5.74, 6) is 0.401. The van der Waals surface area contributed by atoms with Crippen LogP contribution in [0.2, 0.25) is 0 Å². The predicted molar refractivity (Wildman–Crippen MR) is 59.7 cm³/mol. The van der Waals surface area contributed by atoms with Gasteiger partial charge in [0.1, 0.15) is 11.4 Å². The number of carboxylic acids is 1. The van der Waals surface area contributed by atoms with Crippen molar-refractivity contribution < 1.29 is 19.1 Å². The van der Waals surface area contributed by atoms with Crippen LogP contribution >= 0.6 is 0 Å². The second-order valence-electron chi connectivity index (χ2n) is 4.60. The van der Waals surface area contributed by atoms with Gasteiger partial charge in [-0.2, -0.15) is 0 Å². The second-order valence-corrected chi connectivity index (χ2v) is 4.60. The predicted octanol–water partition coefficient (Wildman–Crippen LogP) is 2.03. The Labute approximate surface area is 99.8 Å². The zero-order valence-electron chi connectivity index (χ0n) is 10.2. The van der Waals surface area contributed by atoms with E-state index in [1.165, 1.54) is 0 Å². The number of oxazole rings is 1. The molecule has 94 valence electrons. The molecule has 0 amide bonds. The minimum Gasteiger partial charge on any atom is -0.481 e. The van der Waals surface area contributed by atoms with Crippen LogP contribution in [-0.4, -0.2) is 22.7 Å². The number of nitrogens with zero attached hydrogens (tertiary/aromatic N) is 1. The number of hydrogen-bond donors (Lipinski definition) is 1. The fraction of sp³-hybridized carbons (Fsp3) is 0.667. The minimum atomic E-state index is -0.828. The molecule has 1 fully saturated rings. The molecule has 1 saturated heterocycles. The van der Waals surface area contributed by atoms with Crippen molar-refractivity contribution in [1.82, 2.24) is 4.98 Å². The summed E-state index contributed by atoms with van der Waals surface area (Å²) < 4.78 is 11.3. The Morgan fingerprint density at radius 2 is 2.35 bits per heavy atom. The van der Waals surface area contributed by atoms with Crippen molar-refractivity contribution in [3.8, 4) is 0 Å². The first-order chi connectivity index (χ1) is 8.01. The highest BCUT2D eigenvalue weighted by Crippen LogP contribution is 2.35. The van der Waals surface area contributed by atoms with Gasteiger partial charge < -0.3 is 14.3 Å². The van der Waals surface area contributed by atoms with Crippen LogP contribution in [-0.2, 0) is 21.6 Å². The topological polar surface area (TPSA) is 72.6 Å². The molecule has 1 aliphatic rings. The lowest BCUT2D eigenvalue weighted by molar-refractivity contribution is -0.137. The van der Waals surface area contributed by atoms with E-state index in [1.807, 2.05) is 13.8 Å². The highest BCUT2D eigenvalue weighted by atomic mass is 16.5. The molecular weight excluding hydrogens is 222 g/mol. The van der Waals surface area contributed by atoms with E-state index in [0.29, 0.717) is 18.1 Å². The lowest BCUT2D eigenvalue weighted by Crippen LogP contribution is -2.20. The lowest BCUT2D eigenvalue weighted by Gasteiger charge is -2.18. The molecule has 0 aliphatic carbocycles. The van der Waals surface area contributed by atoms with E-state index in [1.54, 1.807) is 0 Å². The third-order valence-electron chi connectivity index (χ3n) is 3.13. The maximum atomic E-state index is 10.5. The van der Waals surface area contributed by atoms with Gasteiger partial charge in [0.2, 0.25) is 5.89 Å². The van der Waals surface area contributed by atoms with Crippen molar-refractivity contribution in [2.75, 3.05) is 6.61 Å². The third-order valence-corrected chi connectivity index (χ3v) is 3.13. The van der Waals surface area contributed by atoms with Gasteiger partial charge in [-0.25, -0.2) is 4.98 Å². The molecule has 2 rings (SSSR count). The van der Waals surface area contributed by atoms with E-state index < -0.39 is 11.6 Å². The van der Waals surface area contributed by atoms with Gasteiger partial charge >= 0.3 is 5.97 Å². The molecule has 1 aromatic heterocycles. The lowest BCUT2D eigenvalue weighted by atomic mass is 10.0. The fourth-order valence-corrected chi connectivity index (χ4v) is 2.05. The second kappa shape index (κ2) is 4.49. The maximum Gasteiger partial charge on any atom is 0.303 e. The molecule has 1 aliphatic heterocycles. The quantitative estimate of drug-likeness (QED) is 0.870. The fourth-order valence-electron chi connectivity index (χ4n) is 2.05. The summed E-state index contributed by atoms with van der Waals surface area (Å²) >= 11 is 0. The number of carbonyl (C=O) groups is 1. The zero-order valence-corrected chi connectivity index (χ0v) is 10.2. The first kappa shape index (κ1) is 12.1. The van der Waals surface area contributed by atoms with Gasteiger partial charge in [-0.05, 0) is 26.7 Å². The number of aliphatic carboxylic acids is 1. The number of aromatic nitrogens is 1. The van der Waals surface area contributed by atoms with Gasteiger partial charge in [0.15, 0.2) is 0 Å². The van der Waals surface area contributed by atoms with Crippen molar-refractivity contribution in [3.05, 3.63) is 17.3 Å². The van der Waals surface area contributed by atoms with Gasteiger partial charge in [0, 0.05) is 13.0 Å². The maximum absolute atomic E-state index is 10.5. The molecule has 0 spiro atoms. The molecule has 0 saturated carbocycles. The average Bonchev–Trinajstić information content (AvgIpc) is 2.83. The number of hydrogen-bond acceptors (Lipinski definition) is 4. The Bertz CT molecular complexity index is 418. The van der Waals surface area contributed by atoms with Crippen molar-refractivity contribution in [1.29, 1.82) is 0 Å². The summed E-state index contributed by atoms with van der Waals surface area (Å²) in [6, 6.07) is 0. The molecule has 0 bridgehead atoms. The van der Waals surface area contributed by atoms with Gasteiger partial charge in [-0.15, -0.1) is 0 Å². The summed E-state index contributed by atoms with van der Waals surface area (Å²) in [5, 5.41) is 8.65. The van der Waals surface area contributed by atoms with Crippen LogP contribution in [0.1, 0.15) is 43.5 Å². The molecule has 1 aromatic rings. The van der Waals surface area contributed by atoms with Gasteiger partial charge in [0.05, 0.1) is 12.1 Å². The molecule has 1 atom stereocenters. The summed E-state index contributed by atoms with van der Waals surface area (Å²) in [6.45, 7) is 4.52. The molecular formula is C12H17NO4. The van der Waals surface area contributed by atoms with E-state index in [4.69, 9.17) is 14.3 Å². The molecule has 0 aromatic carbocycles. The van der Waals surface area contributed by atoms with Crippen molar-refractivity contribution in [2.45, 2.75) is 45.1 Å². The summed E-state index contributed by atoms with van der Waals surface area (Å²) in [7, 11) is 0. The number of aryl methyl sites for hydroxylation is 2. The highest BCUT2D eigenvalue weighted by molar-refractivity contribution is 5.66. The van der Waals surface area contributed by atoms with Gasteiger partial charge in [-0.3, -0.25) is 4.79 Å². The monoisotopic (exact) mass is 239 g/mol. The molecule has 1 unspecified atom stereocenters. The van der Waals surface area contributed by atoms with Crippen LogP contribution < -0.4 is 0 Å². The first-order valence-electron chi connectivity index (χ1n) is 5.84. The summed E-state index contributed by atoms with van der Waals surface area (Å²) in [5.41, 5.74) is 0.324. The zero-order chi connectivity index (χ0) is 12.5. The molecule has 2 heterocycles. The number of rotatable bonds is 4. The molecule has 0 radical (unpaired) electrons. The Kier molecular flexibility index (Phi) is 3.19. The summed E-state index contributed by atoms with van der Waals surface area (Å²) in [6.07, 6.45) is 2.34. The Hall–Kier alpha value is -1.36. The van der Waals surface area contributed by atoms with E-state index >= 15 is 0 Å². The van der Waals surface area contributed by atoms with Crippen LogP contribution in [0.3, 0.4) is 0 Å². The van der Waals surface area contributed by atoms with Gasteiger partial charge in [0.25, 0.3) is 0 Å². The minimum absolute atomic E-state index is 0.0625. The van der Waals surface area contributed by atoms with Crippen molar-refractivity contribution in [2.24, 2.45) is 0 Å². The van der Waals surface area contributed by atoms with E-state index in [-0.39, 0.29) is 6.42 Å². The van der Waals surface area contributed by atoms with E-state index in [9.17, 15) is 4.79 Å². The van der Waals surface area contributed by atoms with Crippen molar-refractivity contribution in [3.63, 3.8) is 0 Å².